The Morgan fingerprint density at radius 3 is 3.13 bits per heavy atom. The highest BCUT2D eigenvalue weighted by Gasteiger charge is 2.68. The molecule has 0 radical (unpaired) electrons. The summed E-state index contributed by atoms with van der Waals surface area (Å²) < 4.78 is 6.20. The first-order valence-corrected chi connectivity index (χ1v) is 6.31. The maximum Gasteiger partial charge on any atom is 0.133 e. The van der Waals surface area contributed by atoms with Gasteiger partial charge in [0.05, 0.1) is 11.7 Å². The molecule has 2 nitrogen and oxygen atoms in total. The minimum absolute atomic E-state index is 0.182. The molecule has 2 heterocycles. The van der Waals surface area contributed by atoms with Crippen LogP contribution in [0.25, 0.3) is 0 Å². The molecule has 0 aromatic heterocycles. The van der Waals surface area contributed by atoms with E-state index in [9.17, 15) is 4.79 Å². The van der Waals surface area contributed by atoms with Gasteiger partial charge in [-0.2, -0.15) is 0 Å². The second-order valence-electron chi connectivity index (χ2n) is 6.49. The molecule has 15 heavy (non-hydrogen) atoms. The molecule has 0 aromatic carbocycles. The molecule has 2 saturated heterocycles. The molecule has 82 valence electrons. The van der Waals surface area contributed by atoms with Crippen molar-refractivity contribution in [3.05, 3.63) is 0 Å². The molecule has 4 bridgehead atoms. The van der Waals surface area contributed by atoms with Gasteiger partial charge in [0.1, 0.15) is 5.78 Å². The summed E-state index contributed by atoms with van der Waals surface area (Å²) >= 11 is 0. The Morgan fingerprint density at radius 2 is 2.33 bits per heavy atom. The minimum Gasteiger partial charge on any atom is -0.371 e. The Balaban J connectivity index is 1.78. The molecule has 1 spiro atoms. The van der Waals surface area contributed by atoms with Crippen LogP contribution >= 0.6 is 0 Å². The van der Waals surface area contributed by atoms with Crippen LogP contribution in [0.4, 0.5) is 0 Å². The summed E-state index contributed by atoms with van der Waals surface area (Å²) in [6.07, 6.45) is 7.04. The Hall–Kier alpha value is -0.370. The van der Waals surface area contributed by atoms with Crippen molar-refractivity contribution in [3.63, 3.8) is 0 Å². The summed E-state index contributed by atoms with van der Waals surface area (Å²) in [5.41, 5.74) is 0.691. The lowest BCUT2D eigenvalue weighted by molar-refractivity contribution is -0.156. The molecule has 0 N–H and O–H groups in total. The second kappa shape index (κ2) is 2.32. The lowest BCUT2D eigenvalue weighted by Crippen LogP contribution is -2.48. The molecular weight excluding hydrogens is 188 g/mol. The molecule has 5 rings (SSSR count). The van der Waals surface area contributed by atoms with E-state index in [0.717, 1.165) is 25.2 Å². The van der Waals surface area contributed by atoms with Crippen LogP contribution in [-0.2, 0) is 9.53 Å². The zero-order valence-electron chi connectivity index (χ0n) is 9.29. The van der Waals surface area contributed by atoms with Crippen molar-refractivity contribution in [1.29, 1.82) is 0 Å². The smallest absolute Gasteiger partial charge is 0.133 e. The highest BCUT2D eigenvalue weighted by Crippen LogP contribution is 2.69. The fourth-order valence-electron chi connectivity index (χ4n) is 5.15. The Kier molecular flexibility index (Phi) is 1.35. The normalized spacial score (nSPS) is 61.1. The van der Waals surface area contributed by atoms with Gasteiger partial charge in [0.15, 0.2) is 0 Å². The topological polar surface area (TPSA) is 26.3 Å². The molecule has 0 amide bonds. The van der Waals surface area contributed by atoms with Crippen molar-refractivity contribution >= 4 is 5.78 Å². The van der Waals surface area contributed by atoms with E-state index < -0.39 is 0 Å². The largest absolute Gasteiger partial charge is 0.371 e. The van der Waals surface area contributed by atoms with Crippen LogP contribution in [-0.4, -0.2) is 17.5 Å². The van der Waals surface area contributed by atoms with E-state index in [1.165, 1.54) is 19.3 Å². The van der Waals surface area contributed by atoms with Gasteiger partial charge in [-0.3, -0.25) is 4.79 Å². The van der Waals surface area contributed by atoms with Gasteiger partial charge in [-0.1, -0.05) is 0 Å². The molecule has 5 aliphatic rings. The molecule has 5 atom stereocenters. The number of hydrogen-bond acceptors (Lipinski definition) is 2. The first-order valence-electron chi connectivity index (χ1n) is 6.31. The summed E-state index contributed by atoms with van der Waals surface area (Å²) in [6, 6.07) is 0. The first-order chi connectivity index (χ1) is 7.11. The van der Waals surface area contributed by atoms with Crippen LogP contribution in [0.3, 0.4) is 0 Å². The third-order valence-corrected chi connectivity index (χ3v) is 5.74. The van der Waals surface area contributed by atoms with Crippen molar-refractivity contribution < 1.29 is 9.53 Å². The summed E-state index contributed by atoms with van der Waals surface area (Å²) in [5, 5.41) is 0. The zero-order chi connectivity index (χ0) is 10.3. The van der Waals surface area contributed by atoms with E-state index in [4.69, 9.17) is 4.74 Å². The average molecular weight is 206 g/mol. The van der Waals surface area contributed by atoms with Crippen molar-refractivity contribution in [1.82, 2.24) is 0 Å². The van der Waals surface area contributed by atoms with E-state index in [2.05, 4.69) is 6.92 Å². The van der Waals surface area contributed by atoms with Gasteiger partial charge in [0, 0.05) is 12.8 Å². The fourth-order valence-corrected chi connectivity index (χ4v) is 5.15. The summed E-state index contributed by atoms with van der Waals surface area (Å²) in [7, 11) is 0. The van der Waals surface area contributed by atoms with Crippen LogP contribution in [0.15, 0.2) is 0 Å². The maximum absolute atomic E-state index is 11.6. The predicted octanol–water partition coefficient (Wildman–Crippen LogP) is 2.31. The quantitative estimate of drug-likeness (QED) is 0.608. The van der Waals surface area contributed by atoms with Crippen molar-refractivity contribution in [2.24, 2.45) is 17.3 Å². The fraction of sp³-hybridized carbons (Fsp3) is 0.923. The van der Waals surface area contributed by atoms with E-state index >= 15 is 0 Å². The number of hydrogen-bond donors (Lipinski definition) is 0. The van der Waals surface area contributed by atoms with Crippen LogP contribution in [0, 0.1) is 17.3 Å². The number of carbonyl (C=O) groups is 1. The molecular formula is C13H18O2. The molecule has 2 heteroatoms. The Bertz CT molecular complexity index is 350. The van der Waals surface area contributed by atoms with E-state index in [1.54, 1.807) is 0 Å². The lowest BCUT2D eigenvalue weighted by atomic mass is 9.59. The van der Waals surface area contributed by atoms with E-state index in [-0.39, 0.29) is 5.60 Å². The summed E-state index contributed by atoms with van der Waals surface area (Å²) in [4.78, 5) is 11.6. The number of ether oxygens (including phenoxy) is 1. The first kappa shape index (κ1) is 8.74. The SMILES string of the molecule is C[C@]12C[C@@]34CCC(=O)C[C@H]3[C@H](C[C@@H]1C4)O2. The molecule has 3 saturated carbocycles. The Morgan fingerprint density at radius 1 is 1.47 bits per heavy atom. The van der Waals surface area contributed by atoms with Gasteiger partial charge >= 0.3 is 0 Å². The molecule has 2 aliphatic heterocycles. The number of ketones is 1. The predicted molar refractivity (Wildman–Crippen MR) is 55.4 cm³/mol. The van der Waals surface area contributed by atoms with E-state index in [0.29, 0.717) is 23.2 Å². The molecule has 5 fully saturated rings. The number of rotatable bonds is 0. The third-order valence-electron chi connectivity index (χ3n) is 5.74. The minimum atomic E-state index is 0.182. The van der Waals surface area contributed by atoms with Crippen molar-refractivity contribution in [2.75, 3.05) is 0 Å². The highest BCUT2D eigenvalue weighted by atomic mass is 16.5. The third kappa shape index (κ3) is 0.885. The molecule has 0 aromatic rings. The zero-order valence-corrected chi connectivity index (χ0v) is 9.29. The monoisotopic (exact) mass is 206 g/mol. The van der Waals surface area contributed by atoms with Crippen molar-refractivity contribution in [2.45, 2.75) is 57.2 Å². The summed E-state index contributed by atoms with van der Waals surface area (Å²) in [6.45, 7) is 2.30. The average Bonchev–Trinajstić information content (AvgIpc) is 2.54. The molecule has 0 unspecified atom stereocenters. The van der Waals surface area contributed by atoms with Crippen molar-refractivity contribution in [3.8, 4) is 0 Å². The second-order valence-corrected chi connectivity index (χ2v) is 6.49. The van der Waals surface area contributed by atoms with Gasteiger partial charge in [-0.25, -0.2) is 0 Å². The van der Waals surface area contributed by atoms with Crippen LogP contribution in [0.2, 0.25) is 0 Å². The van der Waals surface area contributed by atoms with Crippen LogP contribution in [0.1, 0.15) is 45.4 Å². The lowest BCUT2D eigenvalue weighted by Gasteiger charge is -2.49. The van der Waals surface area contributed by atoms with E-state index in [1.807, 2.05) is 0 Å². The van der Waals surface area contributed by atoms with Gasteiger partial charge in [-0.15, -0.1) is 0 Å². The highest BCUT2D eigenvalue weighted by molar-refractivity contribution is 5.80. The van der Waals surface area contributed by atoms with Crippen LogP contribution in [0.5, 0.6) is 0 Å². The number of Topliss-reactive ketones (excluding diaryl/α,β-unsaturated/α-hetero) is 1. The van der Waals surface area contributed by atoms with Gasteiger partial charge in [0.2, 0.25) is 0 Å². The standard InChI is InChI=1S/C13H18O2/c1-12-7-13-3-2-9(14)5-10(13)11(15-12)4-8(12)6-13/h8,10-11H,2-7H2,1H3/t8-,10+,11+,12+,13+/m1/s1. The van der Waals surface area contributed by atoms with Gasteiger partial charge < -0.3 is 4.74 Å². The van der Waals surface area contributed by atoms with Crippen LogP contribution < -0.4 is 0 Å². The molecule has 3 aliphatic carbocycles. The maximum atomic E-state index is 11.6. The Labute approximate surface area is 90.4 Å². The summed E-state index contributed by atoms with van der Waals surface area (Å²) in [5.74, 6) is 1.85. The number of carbonyl (C=O) groups excluding carboxylic acids is 1. The van der Waals surface area contributed by atoms with Gasteiger partial charge in [0.25, 0.3) is 0 Å². The van der Waals surface area contributed by atoms with Gasteiger partial charge in [-0.05, 0) is 49.9 Å².